The topological polar surface area (TPSA) is 53.1 Å². The molecule has 112 valence electrons. The molecule has 2 aromatic heterocycles. The first-order valence-corrected chi connectivity index (χ1v) is 7.57. The molecule has 22 heavy (non-hydrogen) atoms. The highest BCUT2D eigenvalue weighted by atomic mass is 16.5. The Morgan fingerprint density at radius 1 is 1.23 bits per heavy atom. The van der Waals surface area contributed by atoms with Crippen LogP contribution in [0.4, 0.5) is 0 Å². The molecule has 0 N–H and O–H groups in total. The summed E-state index contributed by atoms with van der Waals surface area (Å²) < 4.78 is 13.3. The van der Waals surface area contributed by atoms with Crippen molar-refractivity contribution >= 4 is 0 Å². The highest BCUT2D eigenvalue weighted by molar-refractivity contribution is 5.39. The summed E-state index contributed by atoms with van der Waals surface area (Å²) in [6.45, 7) is 0.451. The fourth-order valence-electron chi connectivity index (χ4n) is 2.86. The fraction of sp³-hybridized carbons (Fsp3) is 0.294. The second-order valence-corrected chi connectivity index (χ2v) is 5.49. The van der Waals surface area contributed by atoms with Crippen LogP contribution in [0.15, 0.2) is 47.5 Å². The van der Waals surface area contributed by atoms with E-state index in [0.717, 1.165) is 35.7 Å². The van der Waals surface area contributed by atoms with Gasteiger partial charge in [0.25, 0.3) is 0 Å². The first kappa shape index (κ1) is 13.1. The van der Waals surface area contributed by atoms with E-state index in [2.05, 4.69) is 10.1 Å². The molecule has 0 amide bonds. The Bertz CT molecular complexity index is 762. The monoisotopic (exact) mass is 295 g/mol. The van der Waals surface area contributed by atoms with Crippen molar-refractivity contribution in [3.8, 4) is 11.4 Å². The largest absolute Gasteiger partial charge is 0.487 e. The van der Waals surface area contributed by atoms with Crippen LogP contribution in [0.1, 0.15) is 29.9 Å². The summed E-state index contributed by atoms with van der Waals surface area (Å²) in [7, 11) is 0. The molecule has 0 saturated heterocycles. The number of rotatable bonds is 4. The third-order valence-electron chi connectivity index (χ3n) is 4.03. The van der Waals surface area contributed by atoms with E-state index >= 15 is 0 Å². The van der Waals surface area contributed by atoms with Gasteiger partial charge in [0.05, 0.1) is 12.0 Å². The van der Waals surface area contributed by atoms with Gasteiger partial charge in [-0.25, -0.2) is 4.98 Å². The molecule has 0 saturated carbocycles. The molecule has 0 bridgehead atoms. The Balaban J connectivity index is 1.50. The molecule has 0 atom stereocenters. The third kappa shape index (κ3) is 2.50. The molecule has 0 aliphatic heterocycles. The lowest BCUT2D eigenvalue weighted by atomic mass is 9.97. The van der Waals surface area contributed by atoms with Crippen molar-refractivity contribution in [3.63, 3.8) is 0 Å². The van der Waals surface area contributed by atoms with E-state index < -0.39 is 0 Å². The minimum atomic E-state index is 0.451. The highest BCUT2D eigenvalue weighted by Crippen LogP contribution is 2.25. The molecule has 4 rings (SSSR count). The van der Waals surface area contributed by atoms with Gasteiger partial charge in [0.2, 0.25) is 0 Å². The number of benzene rings is 1. The maximum atomic E-state index is 5.90. The normalized spacial score (nSPS) is 13.8. The Labute approximate surface area is 128 Å². The summed E-state index contributed by atoms with van der Waals surface area (Å²) >= 11 is 0. The predicted octanol–water partition coefficient (Wildman–Crippen LogP) is 3.32. The van der Waals surface area contributed by atoms with Crippen LogP contribution >= 0.6 is 0 Å². The van der Waals surface area contributed by atoms with E-state index in [-0.39, 0.29) is 0 Å². The lowest BCUT2D eigenvalue weighted by Gasteiger charge is -2.10. The van der Waals surface area contributed by atoms with Crippen LogP contribution in [-0.2, 0) is 19.4 Å². The van der Waals surface area contributed by atoms with Gasteiger partial charge >= 0.3 is 0 Å². The molecule has 0 unspecified atom stereocenters. The number of imidazole rings is 1. The van der Waals surface area contributed by atoms with Gasteiger partial charge in [-0.2, -0.15) is 0 Å². The van der Waals surface area contributed by atoms with Crippen molar-refractivity contribution in [3.05, 3.63) is 60.0 Å². The summed E-state index contributed by atoms with van der Waals surface area (Å²) in [4.78, 5) is 4.06. The number of hydrogen-bond acceptors (Lipinski definition) is 4. The van der Waals surface area contributed by atoms with Crippen LogP contribution in [0.3, 0.4) is 0 Å². The summed E-state index contributed by atoms with van der Waals surface area (Å²) in [6, 6.07) is 7.94. The number of ether oxygens (including phenoxy) is 1. The van der Waals surface area contributed by atoms with E-state index in [1.54, 1.807) is 12.5 Å². The van der Waals surface area contributed by atoms with Gasteiger partial charge in [-0.1, -0.05) is 11.2 Å². The molecule has 0 spiro atoms. The Kier molecular flexibility index (Phi) is 3.39. The van der Waals surface area contributed by atoms with Gasteiger partial charge in [0.15, 0.2) is 0 Å². The van der Waals surface area contributed by atoms with Crippen molar-refractivity contribution in [1.29, 1.82) is 0 Å². The summed E-state index contributed by atoms with van der Waals surface area (Å²) in [5.41, 5.74) is 3.21. The number of aryl methyl sites for hydroxylation is 1. The molecular formula is C17H17N3O2. The van der Waals surface area contributed by atoms with Crippen molar-refractivity contribution in [2.75, 3.05) is 0 Å². The van der Waals surface area contributed by atoms with Crippen LogP contribution in [0.2, 0.25) is 0 Å². The Morgan fingerprint density at radius 3 is 3.09 bits per heavy atom. The van der Waals surface area contributed by atoms with E-state index in [4.69, 9.17) is 9.26 Å². The average molecular weight is 295 g/mol. The summed E-state index contributed by atoms with van der Waals surface area (Å²) in [5.74, 6) is 1.86. The van der Waals surface area contributed by atoms with Crippen molar-refractivity contribution < 1.29 is 9.26 Å². The lowest BCUT2D eigenvalue weighted by molar-refractivity contribution is 0.286. The van der Waals surface area contributed by atoms with Gasteiger partial charge in [-0.15, -0.1) is 0 Å². The van der Waals surface area contributed by atoms with Crippen molar-refractivity contribution in [2.45, 2.75) is 32.3 Å². The molecule has 0 radical (unpaired) electrons. The van der Waals surface area contributed by atoms with Crippen LogP contribution in [0, 0.1) is 0 Å². The van der Waals surface area contributed by atoms with Crippen LogP contribution in [0.25, 0.3) is 5.69 Å². The highest BCUT2D eigenvalue weighted by Gasteiger charge is 2.19. The van der Waals surface area contributed by atoms with E-state index in [0.29, 0.717) is 6.61 Å². The first-order chi connectivity index (χ1) is 10.9. The molecule has 1 aliphatic carbocycles. The quantitative estimate of drug-likeness (QED) is 0.741. The van der Waals surface area contributed by atoms with E-state index in [1.807, 2.05) is 35.0 Å². The molecule has 1 aliphatic rings. The third-order valence-corrected chi connectivity index (χ3v) is 4.03. The second-order valence-electron chi connectivity index (χ2n) is 5.49. The average Bonchev–Trinajstić information content (AvgIpc) is 3.23. The van der Waals surface area contributed by atoms with Gasteiger partial charge in [-0.05, 0) is 31.4 Å². The van der Waals surface area contributed by atoms with Gasteiger partial charge < -0.3 is 13.8 Å². The number of aromatic nitrogens is 3. The first-order valence-electron chi connectivity index (χ1n) is 7.57. The molecule has 2 heterocycles. The predicted molar refractivity (Wildman–Crippen MR) is 81.0 cm³/mol. The zero-order chi connectivity index (χ0) is 14.8. The van der Waals surface area contributed by atoms with Crippen molar-refractivity contribution in [2.24, 2.45) is 0 Å². The van der Waals surface area contributed by atoms with Crippen LogP contribution in [0.5, 0.6) is 5.75 Å². The van der Waals surface area contributed by atoms with Gasteiger partial charge in [0.1, 0.15) is 23.8 Å². The zero-order valence-electron chi connectivity index (χ0n) is 12.2. The molecule has 5 nitrogen and oxygen atoms in total. The second kappa shape index (κ2) is 5.67. The maximum absolute atomic E-state index is 5.90. The lowest BCUT2D eigenvalue weighted by Crippen LogP contribution is -2.04. The molecule has 3 aromatic rings. The Hall–Kier alpha value is -2.56. The standard InChI is InChI=1S/C17H17N3O2/c1-2-7-17-15(6-1)16(19-22-17)11-21-14-5-3-4-13(10-14)20-9-8-18-12-20/h3-5,8-10,12H,1-2,6-7,11H2. The van der Waals surface area contributed by atoms with E-state index in [1.165, 1.54) is 18.4 Å². The minimum Gasteiger partial charge on any atom is -0.487 e. The van der Waals surface area contributed by atoms with Crippen molar-refractivity contribution in [1.82, 2.24) is 14.7 Å². The number of nitrogens with zero attached hydrogens (tertiary/aromatic N) is 3. The summed E-state index contributed by atoms with van der Waals surface area (Å²) in [6.07, 6.45) is 9.88. The molecule has 0 fully saturated rings. The zero-order valence-corrected chi connectivity index (χ0v) is 12.2. The SMILES string of the molecule is c1cc(OCc2noc3c2CCCC3)cc(-n2ccnc2)c1. The minimum absolute atomic E-state index is 0.451. The Morgan fingerprint density at radius 2 is 2.18 bits per heavy atom. The van der Waals surface area contributed by atoms with Crippen LogP contribution < -0.4 is 4.74 Å². The maximum Gasteiger partial charge on any atom is 0.140 e. The van der Waals surface area contributed by atoms with Crippen LogP contribution in [-0.4, -0.2) is 14.7 Å². The summed E-state index contributed by atoms with van der Waals surface area (Å²) in [5, 5.41) is 4.17. The van der Waals surface area contributed by atoms with Gasteiger partial charge in [0, 0.05) is 30.4 Å². The molecule has 1 aromatic carbocycles. The molecule has 5 heteroatoms. The van der Waals surface area contributed by atoms with Gasteiger partial charge in [-0.3, -0.25) is 0 Å². The molecular weight excluding hydrogens is 278 g/mol. The number of fused-ring (bicyclic) bond motifs is 1. The fourth-order valence-corrected chi connectivity index (χ4v) is 2.86. The number of hydrogen-bond donors (Lipinski definition) is 0. The van der Waals surface area contributed by atoms with E-state index in [9.17, 15) is 0 Å². The smallest absolute Gasteiger partial charge is 0.140 e.